The first-order valence-corrected chi connectivity index (χ1v) is 3.68. The zero-order chi connectivity index (χ0) is 8.27. The number of anilines is 1. The van der Waals surface area contributed by atoms with Crippen molar-refractivity contribution >= 4 is 5.69 Å². The lowest BCUT2D eigenvalue weighted by atomic mass is 10.2. The van der Waals surface area contributed by atoms with Gasteiger partial charge in [-0.3, -0.25) is 0 Å². The van der Waals surface area contributed by atoms with E-state index >= 15 is 0 Å². The van der Waals surface area contributed by atoms with Gasteiger partial charge in [0.2, 0.25) is 0 Å². The number of nitrogens with zero attached hydrogens (tertiary/aromatic N) is 1. The Morgan fingerprint density at radius 1 is 1.27 bits per heavy atom. The largest absolute Gasteiger partial charge is 0.398 e. The predicted octanol–water partition coefficient (Wildman–Crippen LogP) is 1.33. The van der Waals surface area contributed by atoms with Crippen LogP contribution < -0.4 is 5.73 Å². The summed E-state index contributed by atoms with van der Waals surface area (Å²) in [6.07, 6.45) is 0. The molecule has 0 radical (unpaired) electrons. The average Bonchev–Trinajstić information content (AvgIpc) is 1.93. The van der Waals surface area contributed by atoms with Gasteiger partial charge in [-0.05, 0) is 25.7 Å². The van der Waals surface area contributed by atoms with Crippen LogP contribution in [0, 0.1) is 0 Å². The lowest BCUT2D eigenvalue weighted by molar-refractivity contribution is 0.403. The van der Waals surface area contributed by atoms with Gasteiger partial charge in [-0.2, -0.15) is 0 Å². The summed E-state index contributed by atoms with van der Waals surface area (Å²) in [6.45, 7) is 0.909. The zero-order valence-corrected chi connectivity index (χ0v) is 7.04. The van der Waals surface area contributed by atoms with Gasteiger partial charge in [0.1, 0.15) is 0 Å². The molecule has 1 aromatic carbocycles. The molecule has 0 heterocycles. The fraction of sp³-hybridized carbons (Fsp3) is 0.333. The Labute approximate surface area is 67.6 Å². The molecule has 0 aliphatic rings. The van der Waals surface area contributed by atoms with Crippen LogP contribution in [-0.4, -0.2) is 19.0 Å². The van der Waals surface area contributed by atoms with Crippen molar-refractivity contribution in [1.29, 1.82) is 0 Å². The van der Waals surface area contributed by atoms with Crippen molar-refractivity contribution in [3.05, 3.63) is 29.8 Å². The van der Waals surface area contributed by atoms with E-state index in [4.69, 9.17) is 5.73 Å². The van der Waals surface area contributed by atoms with Gasteiger partial charge in [0.25, 0.3) is 0 Å². The second kappa shape index (κ2) is 3.39. The quantitative estimate of drug-likeness (QED) is 0.644. The molecule has 2 N–H and O–H groups in total. The molecule has 0 atom stereocenters. The van der Waals surface area contributed by atoms with E-state index in [1.165, 1.54) is 5.56 Å². The van der Waals surface area contributed by atoms with Gasteiger partial charge < -0.3 is 10.6 Å². The van der Waals surface area contributed by atoms with Crippen molar-refractivity contribution in [1.82, 2.24) is 4.90 Å². The third-order valence-corrected chi connectivity index (χ3v) is 1.54. The molecule has 2 heteroatoms. The van der Waals surface area contributed by atoms with Crippen LogP contribution in [0.1, 0.15) is 5.56 Å². The first-order valence-electron chi connectivity index (χ1n) is 3.68. The topological polar surface area (TPSA) is 29.3 Å². The molecule has 11 heavy (non-hydrogen) atoms. The Bertz CT molecular complexity index is 231. The summed E-state index contributed by atoms with van der Waals surface area (Å²) in [7, 11) is 4.07. The molecule has 0 amide bonds. The van der Waals surface area contributed by atoms with Crippen LogP contribution >= 0.6 is 0 Å². The number of hydrogen-bond donors (Lipinski definition) is 1. The highest BCUT2D eigenvalue weighted by atomic mass is 15.0. The lowest BCUT2D eigenvalue weighted by Gasteiger charge is -2.10. The molecule has 0 fully saturated rings. The van der Waals surface area contributed by atoms with Gasteiger partial charge in [-0.15, -0.1) is 0 Å². The normalized spacial score (nSPS) is 10.5. The predicted molar refractivity (Wildman–Crippen MR) is 48.2 cm³/mol. The van der Waals surface area contributed by atoms with Gasteiger partial charge in [-0.1, -0.05) is 18.2 Å². The third-order valence-electron chi connectivity index (χ3n) is 1.54. The minimum atomic E-state index is 0.876. The SMILES string of the molecule is CN(C)Cc1ccccc1N. The standard InChI is InChI=1S/C9H14N2/c1-11(2)7-8-5-3-4-6-9(8)10/h3-6H,7,10H2,1-2H3. The molecule has 0 spiro atoms. The van der Waals surface area contributed by atoms with Crippen LogP contribution in [0.2, 0.25) is 0 Å². The van der Waals surface area contributed by atoms with Crippen LogP contribution in [0.5, 0.6) is 0 Å². The molecule has 0 saturated heterocycles. The smallest absolute Gasteiger partial charge is 0.0359 e. The van der Waals surface area contributed by atoms with Crippen molar-refractivity contribution < 1.29 is 0 Å². The van der Waals surface area contributed by atoms with E-state index in [-0.39, 0.29) is 0 Å². The first kappa shape index (κ1) is 8.08. The molecular formula is C9H14N2. The van der Waals surface area contributed by atoms with E-state index in [1.807, 2.05) is 32.3 Å². The molecule has 2 nitrogen and oxygen atoms in total. The summed E-state index contributed by atoms with van der Waals surface area (Å²) in [5.74, 6) is 0. The van der Waals surface area contributed by atoms with Crippen molar-refractivity contribution in [3.63, 3.8) is 0 Å². The molecule has 1 aromatic rings. The Morgan fingerprint density at radius 3 is 2.45 bits per heavy atom. The zero-order valence-electron chi connectivity index (χ0n) is 7.04. The summed E-state index contributed by atoms with van der Waals surface area (Å²) in [6, 6.07) is 7.94. The molecule has 0 bridgehead atoms. The fourth-order valence-electron chi connectivity index (χ4n) is 1.02. The van der Waals surface area contributed by atoms with Gasteiger partial charge in [0.15, 0.2) is 0 Å². The maximum absolute atomic E-state index is 5.74. The monoisotopic (exact) mass is 150 g/mol. The van der Waals surface area contributed by atoms with Crippen molar-refractivity contribution in [3.8, 4) is 0 Å². The third kappa shape index (κ3) is 2.24. The van der Waals surface area contributed by atoms with E-state index in [1.54, 1.807) is 0 Å². The molecule has 0 saturated carbocycles. The molecule has 0 aliphatic carbocycles. The molecule has 0 unspecified atom stereocenters. The Kier molecular flexibility index (Phi) is 2.49. The molecular weight excluding hydrogens is 136 g/mol. The number of para-hydroxylation sites is 1. The summed E-state index contributed by atoms with van der Waals surface area (Å²) < 4.78 is 0. The highest BCUT2D eigenvalue weighted by Gasteiger charge is 1.97. The number of nitrogen functional groups attached to an aromatic ring is 1. The Hall–Kier alpha value is -1.02. The van der Waals surface area contributed by atoms with Gasteiger partial charge >= 0.3 is 0 Å². The van der Waals surface area contributed by atoms with Crippen molar-refractivity contribution in [2.45, 2.75) is 6.54 Å². The van der Waals surface area contributed by atoms with E-state index in [0.29, 0.717) is 0 Å². The Morgan fingerprint density at radius 2 is 1.91 bits per heavy atom. The van der Waals surface area contributed by atoms with Gasteiger partial charge in [-0.25, -0.2) is 0 Å². The molecule has 0 aromatic heterocycles. The minimum Gasteiger partial charge on any atom is -0.398 e. The number of hydrogen-bond acceptors (Lipinski definition) is 2. The van der Waals surface area contributed by atoms with E-state index in [0.717, 1.165) is 12.2 Å². The van der Waals surface area contributed by atoms with Crippen LogP contribution in [0.25, 0.3) is 0 Å². The fourth-order valence-corrected chi connectivity index (χ4v) is 1.02. The summed E-state index contributed by atoms with van der Waals surface area (Å²) in [5, 5.41) is 0. The summed E-state index contributed by atoms with van der Waals surface area (Å²) in [5.41, 5.74) is 7.81. The van der Waals surface area contributed by atoms with Crippen LogP contribution in [-0.2, 0) is 6.54 Å². The van der Waals surface area contributed by atoms with E-state index in [9.17, 15) is 0 Å². The second-order valence-electron chi connectivity index (χ2n) is 2.94. The minimum absolute atomic E-state index is 0.876. The summed E-state index contributed by atoms with van der Waals surface area (Å²) in [4.78, 5) is 2.10. The van der Waals surface area contributed by atoms with Crippen LogP contribution in [0.3, 0.4) is 0 Å². The number of nitrogens with two attached hydrogens (primary N) is 1. The molecule has 60 valence electrons. The number of benzene rings is 1. The maximum atomic E-state index is 5.74. The second-order valence-corrected chi connectivity index (χ2v) is 2.94. The van der Waals surface area contributed by atoms with Gasteiger partial charge in [0, 0.05) is 12.2 Å². The van der Waals surface area contributed by atoms with E-state index in [2.05, 4.69) is 11.0 Å². The van der Waals surface area contributed by atoms with E-state index < -0.39 is 0 Å². The van der Waals surface area contributed by atoms with Crippen molar-refractivity contribution in [2.75, 3.05) is 19.8 Å². The van der Waals surface area contributed by atoms with Crippen LogP contribution in [0.4, 0.5) is 5.69 Å². The van der Waals surface area contributed by atoms with Gasteiger partial charge in [0.05, 0.1) is 0 Å². The lowest BCUT2D eigenvalue weighted by Crippen LogP contribution is -2.11. The molecule has 0 aliphatic heterocycles. The Balaban J connectivity index is 2.78. The highest BCUT2D eigenvalue weighted by molar-refractivity contribution is 5.46. The number of rotatable bonds is 2. The maximum Gasteiger partial charge on any atom is 0.0359 e. The average molecular weight is 150 g/mol. The highest BCUT2D eigenvalue weighted by Crippen LogP contribution is 2.11. The van der Waals surface area contributed by atoms with Crippen LogP contribution in [0.15, 0.2) is 24.3 Å². The van der Waals surface area contributed by atoms with Crippen molar-refractivity contribution in [2.24, 2.45) is 0 Å². The molecule has 1 rings (SSSR count). The first-order chi connectivity index (χ1) is 5.20. The summed E-state index contributed by atoms with van der Waals surface area (Å²) >= 11 is 0.